The maximum absolute atomic E-state index is 12.3. The Kier molecular flexibility index (Phi) is 3.81. The standard InChI is InChI=1S/C12H10ClF2NO2/c1-7(13)11-16-6-10(17-11)8-4-2-3-5-9(8)18-12(14)15/h2-7,12H,1H3. The molecule has 96 valence electrons. The van der Waals surface area contributed by atoms with Crippen LogP contribution >= 0.6 is 11.6 Å². The monoisotopic (exact) mass is 273 g/mol. The summed E-state index contributed by atoms with van der Waals surface area (Å²) >= 11 is 5.82. The topological polar surface area (TPSA) is 35.3 Å². The summed E-state index contributed by atoms with van der Waals surface area (Å²) in [6, 6.07) is 6.34. The molecule has 2 rings (SSSR count). The molecule has 0 fully saturated rings. The highest BCUT2D eigenvalue weighted by atomic mass is 35.5. The fourth-order valence-corrected chi connectivity index (χ4v) is 1.57. The molecule has 0 N–H and O–H groups in total. The van der Waals surface area contributed by atoms with Crippen molar-refractivity contribution in [1.29, 1.82) is 0 Å². The van der Waals surface area contributed by atoms with Crippen molar-refractivity contribution in [2.24, 2.45) is 0 Å². The van der Waals surface area contributed by atoms with E-state index >= 15 is 0 Å². The highest BCUT2D eigenvalue weighted by Gasteiger charge is 2.16. The molecule has 0 amide bonds. The van der Waals surface area contributed by atoms with Crippen LogP contribution in [0.15, 0.2) is 34.9 Å². The Morgan fingerprint density at radius 1 is 1.33 bits per heavy atom. The number of rotatable bonds is 4. The molecular formula is C12H10ClF2NO2. The van der Waals surface area contributed by atoms with E-state index in [1.807, 2.05) is 0 Å². The number of halogens is 3. The highest BCUT2D eigenvalue weighted by molar-refractivity contribution is 6.20. The number of nitrogens with zero attached hydrogens (tertiary/aromatic N) is 1. The van der Waals surface area contributed by atoms with Gasteiger partial charge in [0.1, 0.15) is 11.1 Å². The first-order valence-corrected chi connectivity index (χ1v) is 5.65. The van der Waals surface area contributed by atoms with Gasteiger partial charge in [-0.25, -0.2) is 4.98 Å². The summed E-state index contributed by atoms with van der Waals surface area (Å²) in [5.74, 6) is 0.713. The van der Waals surface area contributed by atoms with Crippen LogP contribution in [-0.4, -0.2) is 11.6 Å². The zero-order valence-corrected chi connectivity index (χ0v) is 10.2. The van der Waals surface area contributed by atoms with Crippen LogP contribution in [0.3, 0.4) is 0 Å². The first-order valence-electron chi connectivity index (χ1n) is 5.22. The van der Waals surface area contributed by atoms with Crippen molar-refractivity contribution in [1.82, 2.24) is 4.98 Å². The molecule has 2 aromatic rings. The lowest BCUT2D eigenvalue weighted by atomic mass is 10.1. The largest absolute Gasteiger partial charge is 0.439 e. The van der Waals surface area contributed by atoms with Crippen LogP contribution in [0.2, 0.25) is 0 Å². The fourth-order valence-electron chi connectivity index (χ4n) is 1.46. The summed E-state index contributed by atoms with van der Waals surface area (Å²) in [6.07, 6.45) is 1.43. The first-order chi connectivity index (χ1) is 8.58. The van der Waals surface area contributed by atoms with E-state index in [2.05, 4.69) is 9.72 Å². The molecule has 18 heavy (non-hydrogen) atoms. The second kappa shape index (κ2) is 5.35. The van der Waals surface area contributed by atoms with Gasteiger partial charge in [0.25, 0.3) is 0 Å². The van der Waals surface area contributed by atoms with Crippen LogP contribution in [0.25, 0.3) is 11.3 Å². The molecule has 1 atom stereocenters. The van der Waals surface area contributed by atoms with Gasteiger partial charge < -0.3 is 9.15 Å². The predicted octanol–water partition coefficient (Wildman–Crippen LogP) is 4.24. The minimum atomic E-state index is -2.89. The van der Waals surface area contributed by atoms with Gasteiger partial charge in [0.15, 0.2) is 5.76 Å². The van der Waals surface area contributed by atoms with E-state index in [9.17, 15) is 8.78 Å². The van der Waals surface area contributed by atoms with Gasteiger partial charge in [0.05, 0.1) is 11.8 Å². The van der Waals surface area contributed by atoms with Gasteiger partial charge in [-0.15, -0.1) is 11.6 Å². The second-order valence-electron chi connectivity index (χ2n) is 3.55. The number of aromatic nitrogens is 1. The van der Waals surface area contributed by atoms with Gasteiger partial charge in [-0.1, -0.05) is 12.1 Å². The number of oxazole rings is 1. The molecule has 0 aliphatic heterocycles. The van der Waals surface area contributed by atoms with E-state index < -0.39 is 6.61 Å². The predicted molar refractivity (Wildman–Crippen MR) is 62.8 cm³/mol. The lowest BCUT2D eigenvalue weighted by molar-refractivity contribution is -0.0495. The lowest BCUT2D eigenvalue weighted by Crippen LogP contribution is -2.02. The number of benzene rings is 1. The van der Waals surface area contributed by atoms with Crippen LogP contribution < -0.4 is 4.74 Å². The van der Waals surface area contributed by atoms with Gasteiger partial charge in [-0.05, 0) is 19.1 Å². The molecule has 0 bridgehead atoms. The molecule has 1 unspecified atom stereocenters. The summed E-state index contributed by atoms with van der Waals surface area (Å²) in [6.45, 7) is -1.18. The number of ether oxygens (including phenoxy) is 1. The number of para-hydroxylation sites is 1. The molecule has 0 radical (unpaired) electrons. The maximum atomic E-state index is 12.3. The Hall–Kier alpha value is -1.62. The van der Waals surface area contributed by atoms with E-state index in [0.717, 1.165) is 0 Å². The Morgan fingerprint density at radius 3 is 2.67 bits per heavy atom. The van der Waals surface area contributed by atoms with Crippen molar-refractivity contribution in [3.63, 3.8) is 0 Å². The molecule has 1 aromatic carbocycles. The third-order valence-electron chi connectivity index (χ3n) is 2.23. The zero-order chi connectivity index (χ0) is 13.1. The summed E-state index contributed by atoms with van der Waals surface area (Å²) in [5.41, 5.74) is 0.411. The summed E-state index contributed by atoms with van der Waals surface area (Å²) in [4.78, 5) is 3.97. The lowest BCUT2D eigenvalue weighted by Gasteiger charge is -2.08. The molecule has 1 aromatic heterocycles. The fraction of sp³-hybridized carbons (Fsp3) is 0.250. The molecular weight excluding hydrogens is 264 g/mol. The molecule has 1 heterocycles. The molecule has 3 nitrogen and oxygen atoms in total. The average molecular weight is 274 g/mol. The van der Waals surface area contributed by atoms with Crippen LogP contribution in [0.4, 0.5) is 8.78 Å². The van der Waals surface area contributed by atoms with Gasteiger partial charge >= 0.3 is 6.61 Å². The van der Waals surface area contributed by atoms with Crippen LogP contribution in [0, 0.1) is 0 Å². The normalized spacial score (nSPS) is 12.7. The quantitative estimate of drug-likeness (QED) is 0.782. The minimum absolute atomic E-state index is 0.0393. The van der Waals surface area contributed by atoms with Crippen LogP contribution in [0.1, 0.15) is 18.2 Å². The van der Waals surface area contributed by atoms with Crippen molar-refractivity contribution in [2.75, 3.05) is 0 Å². The van der Waals surface area contributed by atoms with Crippen LogP contribution in [-0.2, 0) is 0 Å². The smallest absolute Gasteiger partial charge is 0.387 e. The van der Waals surface area contributed by atoms with Crippen molar-refractivity contribution in [2.45, 2.75) is 18.9 Å². The van der Waals surface area contributed by atoms with Gasteiger partial charge in [0, 0.05) is 0 Å². The van der Waals surface area contributed by atoms with Crippen LogP contribution in [0.5, 0.6) is 5.75 Å². The maximum Gasteiger partial charge on any atom is 0.387 e. The van der Waals surface area contributed by atoms with E-state index in [1.54, 1.807) is 25.1 Å². The van der Waals surface area contributed by atoms with Gasteiger partial charge in [0.2, 0.25) is 5.89 Å². The van der Waals surface area contributed by atoms with Crippen molar-refractivity contribution in [3.05, 3.63) is 36.4 Å². The first kappa shape index (κ1) is 12.8. The molecule has 0 spiro atoms. The number of alkyl halides is 3. The molecule has 6 heteroatoms. The summed E-state index contributed by atoms with van der Waals surface area (Å²) in [7, 11) is 0. The Bertz CT molecular complexity index is 528. The number of hydrogen-bond donors (Lipinski definition) is 0. The molecule has 0 aliphatic rings. The Balaban J connectivity index is 2.36. The van der Waals surface area contributed by atoms with Gasteiger partial charge in [-0.3, -0.25) is 0 Å². The third kappa shape index (κ3) is 2.79. The van der Waals surface area contributed by atoms with Crippen molar-refractivity contribution in [3.8, 4) is 17.1 Å². The second-order valence-corrected chi connectivity index (χ2v) is 4.21. The van der Waals surface area contributed by atoms with E-state index in [0.29, 0.717) is 17.2 Å². The van der Waals surface area contributed by atoms with E-state index in [1.165, 1.54) is 12.3 Å². The highest BCUT2D eigenvalue weighted by Crippen LogP contribution is 2.32. The Morgan fingerprint density at radius 2 is 2.06 bits per heavy atom. The van der Waals surface area contributed by atoms with Crippen molar-refractivity contribution >= 4 is 11.6 Å². The number of hydrogen-bond acceptors (Lipinski definition) is 3. The SMILES string of the molecule is CC(Cl)c1ncc(-c2ccccc2OC(F)F)o1. The summed E-state index contributed by atoms with van der Waals surface area (Å²) in [5, 5.41) is -0.387. The van der Waals surface area contributed by atoms with E-state index in [-0.39, 0.29) is 11.1 Å². The third-order valence-corrected chi connectivity index (χ3v) is 2.42. The average Bonchev–Trinajstić information content (AvgIpc) is 2.78. The van der Waals surface area contributed by atoms with Gasteiger partial charge in [-0.2, -0.15) is 8.78 Å². The minimum Gasteiger partial charge on any atom is -0.439 e. The molecule has 0 aliphatic carbocycles. The molecule has 0 saturated carbocycles. The zero-order valence-electron chi connectivity index (χ0n) is 9.44. The van der Waals surface area contributed by atoms with E-state index in [4.69, 9.17) is 16.0 Å². The summed E-state index contributed by atoms with van der Waals surface area (Å²) < 4.78 is 34.3. The Labute approximate surface area is 107 Å². The van der Waals surface area contributed by atoms with Crippen molar-refractivity contribution < 1.29 is 17.9 Å². The molecule has 0 saturated heterocycles.